The van der Waals surface area contributed by atoms with E-state index in [0.717, 1.165) is 42.5 Å². The molecule has 0 spiro atoms. The largest absolute Gasteiger partial charge is 0.312 e. The molecular formula is C14H19N3O. The molecular weight excluding hydrogens is 226 g/mol. The van der Waals surface area contributed by atoms with Crippen molar-refractivity contribution in [1.29, 1.82) is 0 Å². The second kappa shape index (κ2) is 3.92. The van der Waals surface area contributed by atoms with Gasteiger partial charge < -0.3 is 5.32 Å². The monoisotopic (exact) mass is 245 g/mol. The summed E-state index contributed by atoms with van der Waals surface area (Å²) in [6, 6.07) is 0. The molecule has 0 unspecified atom stereocenters. The number of nitrogens with zero attached hydrogens (tertiary/aromatic N) is 2. The molecule has 0 amide bonds. The SMILES string of the molecule is O=c1c2c(nc(C3CC3)n1CC1CC1)CCNC2. The van der Waals surface area contributed by atoms with Crippen molar-refractivity contribution in [3.05, 3.63) is 27.4 Å². The zero-order valence-corrected chi connectivity index (χ0v) is 10.6. The van der Waals surface area contributed by atoms with E-state index < -0.39 is 0 Å². The fourth-order valence-corrected chi connectivity index (χ4v) is 2.85. The van der Waals surface area contributed by atoms with E-state index in [1.807, 2.05) is 4.57 Å². The third kappa shape index (κ3) is 1.79. The van der Waals surface area contributed by atoms with Gasteiger partial charge >= 0.3 is 0 Å². The third-order valence-corrected chi connectivity index (χ3v) is 4.30. The Hall–Kier alpha value is -1.16. The van der Waals surface area contributed by atoms with Crippen LogP contribution < -0.4 is 10.9 Å². The van der Waals surface area contributed by atoms with E-state index in [0.29, 0.717) is 12.5 Å². The Kier molecular flexibility index (Phi) is 2.34. The molecule has 4 nitrogen and oxygen atoms in total. The standard InChI is InChI=1S/C14H19N3O/c18-14-11-7-15-6-5-12(11)16-13(10-3-4-10)17(14)8-9-1-2-9/h9-10,15H,1-8H2. The van der Waals surface area contributed by atoms with Gasteiger partial charge in [-0.05, 0) is 31.6 Å². The van der Waals surface area contributed by atoms with Gasteiger partial charge in [-0.25, -0.2) is 4.98 Å². The molecule has 2 saturated carbocycles. The van der Waals surface area contributed by atoms with E-state index >= 15 is 0 Å². The Morgan fingerprint density at radius 3 is 2.83 bits per heavy atom. The van der Waals surface area contributed by atoms with E-state index in [1.54, 1.807) is 0 Å². The van der Waals surface area contributed by atoms with E-state index in [-0.39, 0.29) is 5.56 Å². The van der Waals surface area contributed by atoms with Crippen LogP contribution in [0, 0.1) is 5.92 Å². The number of rotatable bonds is 3. The topological polar surface area (TPSA) is 46.9 Å². The van der Waals surface area contributed by atoms with Gasteiger partial charge in [-0.2, -0.15) is 0 Å². The molecule has 3 aliphatic rings. The summed E-state index contributed by atoms with van der Waals surface area (Å²) in [4.78, 5) is 17.5. The number of fused-ring (bicyclic) bond motifs is 1. The van der Waals surface area contributed by atoms with Crippen molar-refractivity contribution < 1.29 is 0 Å². The Bertz CT molecular complexity index is 541. The lowest BCUT2D eigenvalue weighted by Crippen LogP contribution is -2.37. The Morgan fingerprint density at radius 1 is 1.28 bits per heavy atom. The van der Waals surface area contributed by atoms with Crippen LogP contribution in [-0.4, -0.2) is 16.1 Å². The highest BCUT2D eigenvalue weighted by Gasteiger charge is 2.33. The molecule has 2 fully saturated rings. The summed E-state index contributed by atoms with van der Waals surface area (Å²) >= 11 is 0. The lowest BCUT2D eigenvalue weighted by molar-refractivity contribution is 0.529. The summed E-state index contributed by atoms with van der Waals surface area (Å²) in [6.07, 6.45) is 5.91. The van der Waals surface area contributed by atoms with Crippen molar-refractivity contribution in [3.63, 3.8) is 0 Å². The second-order valence-electron chi connectivity index (χ2n) is 5.96. The quantitative estimate of drug-likeness (QED) is 0.869. The molecule has 18 heavy (non-hydrogen) atoms. The summed E-state index contributed by atoms with van der Waals surface area (Å²) < 4.78 is 2.00. The van der Waals surface area contributed by atoms with Gasteiger partial charge in [0.05, 0.1) is 11.3 Å². The molecule has 0 bridgehead atoms. The maximum atomic E-state index is 12.6. The first-order chi connectivity index (χ1) is 8.83. The van der Waals surface area contributed by atoms with Crippen LogP contribution in [-0.2, 0) is 19.5 Å². The maximum absolute atomic E-state index is 12.6. The first kappa shape index (κ1) is 10.7. The highest BCUT2D eigenvalue weighted by atomic mass is 16.1. The molecule has 0 saturated heterocycles. The predicted molar refractivity (Wildman–Crippen MR) is 68.6 cm³/mol. The molecule has 1 aliphatic heterocycles. The van der Waals surface area contributed by atoms with Gasteiger partial charge in [0.1, 0.15) is 5.82 Å². The molecule has 2 aliphatic carbocycles. The van der Waals surface area contributed by atoms with Crippen LogP contribution in [0.15, 0.2) is 4.79 Å². The van der Waals surface area contributed by atoms with Crippen LogP contribution in [0.3, 0.4) is 0 Å². The molecule has 96 valence electrons. The highest BCUT2D eigenvalue weighted by molar-refractivity contribution is 5.24. The second-order valence-corrected chi connectivity index (χ2v) is 5.96. The summed E-state index contributed by atoms with van der Waals surface area (Å²) in [5.41, 5.74) is 2.22. The molecule has 1 aromatic heterocycles. The van der Waals surface area contributed by atoms with Gasteiger partial charge in [-0.1, -0.05) is 0 Å². The number of hydrogen-bond acceptors (Lipinski definition) is 3. The lowest BCUT2D eigenvalue weighted by Gasteiger charge is -2.20. The number of nitrogens with one attached hydrogen (secondary N) is 1. The minimum atomic E-state index is 0.237. The average molecular weight is 245 g/mol. The summed E-state index contributed by atoms with van der Waals surface area (Å²) in [5, 5.41) is 3.29. The van der Waals surface area contributed by atoms with Gasteiger partial charge in [0.25, 0.3) is 5.56 Å². The predicted octanol–water partition coefficient (Wildman–Crippen LogP) is 1.18. The molecule has 4 heteroatoms. The van der Waals surface area contributed by atoms with Crippen LogP contribution in [0.4, 0.5) is 0 Å². The van der Waals surface area contributed by atoms with Crippen molar-refractivity contribution in [2.75, 3.05) is 6.54 Å². The van der Waals surface area contributed by atoms with Gasteiger partial charge in [-0.3, -0.25) is 9.36 Å². The van der Waals surface area contributed by atoms with Crippen molar-refractivity contribution in [2.45, 2.75) is 51.1 Å². The molecule has 0 aromatic carbocycles. The van der Waals surface area contributed by atoms with Crippen molar-refractivity contribution in [2.24, 2.45) is 5.92 Å². The van der Waals surface area contributed by atoms with Gasteiger partial charge in [0, 0.05) is 32.0 Å². The minimum Gasteiger partial charge on any atom is -0.312 e. The van der Waals surface area contributed by atoms with Crippen molar-refractivity contribution >= 4 is 0 Å². The fraction of sp³-hybridized carbons (Fsp3) is 0.714. The zero-order chi connectivity index (χ0) is 12.1. The fourth-order valence-electron chi connectivity index (χ4n) is 2.85. The van der Waals surface area contributed by atoms with Crippen molar-refractivity contribution in [1.82, 2.24) is 14.9 Å². The molecule has 4 rings (SSSR count). The van der Waals surface area contributed by atoms with Crippen LogP contribution in [0.25, 0.3) is 0 Å². The number of aromatic nitrogens is 2. The van der Waals surface area contributed by atoms with Gasteiger partial charge in [-0.15, -0.1) is 0 Å². The average Bonchev–Trinajstić information content (AvgIpc) is 3.27. The summed E-state index contributed by atoms with van der Waals surface area (Å²) in [6.45, 7) is 2.57. The lowest BCUT2D eigenvalue weighted by atomic mass is 10.1. The van der Waals surface area contributed by atoms with E-state index in [9.17, 15) is 4.79 Å². The first-order valence-electron chi connectivity index (χ1n) is 7.16. The van der Waals surface area contributed by atoms with E-state index in [1.165, 1.54) is 25.7 Å². The molecule has 2 heterocycles. The van der Waals surface area contributed by atoms with Crippen LogP contribution >= 0.6 is 0 Å². The summed E-state index contributed by atoms with van der Waals surface area (Å²) in [5.74, 6) is 2.39. The normalized spacial score (nSPS) is 22.9. The molecule has 0 radical (unpaired) electrons. The van der Waals surface area contributed by atoms with Crippen LogP contribution in [0.2, 0.25) is 0 Å². The Labute approximate surface area is 106 Å². The minimum absolute atomic E-state index is 0.237. The first-order valence-corrected chi connectivity index (χ1v) is 7.16. The van der Waals surface area contributed by atoms with Crippen LogP contribution in [0.1, 0.15) is 48.7 Å². The van der Waals surface area contributed by atoms with E-state index in [4.69, 9.17) is 4.98 Å². The highest BCUT2D eigenvalue weighted by Crippen LogP contribution is 2.40. The Balaban J connectivity index is 1.83. The van der Waals surface area contributed by atoms with Gasteiger partial charge in [0.15, 0.2) is 0 Å². The molecule has 1 N–H and O–H groups in total. The van der Waals surface area contributed by atoms with E-state index in [2.05, 4.69) is 5.32 Å². The maximum Gasteiger partial charge on any atom is 0.258 e. The Morgan fingerprint density at radius 2 is 2.11 bits per heavy atom. The van der Waals surface area contributed by atoms with Gasteiger partial charge in [0.2, 0.25) is 0 Å². The third-order valence-electron chi connectivity index (χ3n) is 4.30. The smallest absolute Gasteiger partial charge is 0.258 e. The van der Waals surface area contributed by atoms with Crippen LogP contribution in [0.5, 0.6) is 0 Å². The van der Waals surface area contributed by atoms with Crippen molar-refractivity contribution in [3.8, 4) is 0 Å². The zero-order valence-electron chi connectivity index (χ0n) is 10.6. The number of hydrogen-bond donors (Lipinski definition) is 1. The molecule has 1 aromatic rings. The molecule has 0 atom stereocenters. The summed E-state index contributed by atoms with van der Waals surface area (Å²) in [7, 11) is 0.